The topological polar surface area (TPSA) is 0 Å². The van der Waals surface area contributed by atoms with Crippen LogP contribution in [0.4, 0.5) is 39.5 Å². The summed E-state index contributed by atoms with van der Waals surface area (Å²) in [5.41, 5.74) is -1.59. The summed E-state index contributed by atoms with van der Waals surface area (Å²) in [7, 11) is 0. The molecule has 0 saturated heterocycles. The van der Waals surface area contributed by atoms with Gasteiger partial charge in [0.05, 0.1) is 0 Å². The van der Waals surface area contributed by atoms with Gasteiger partial charge in [0.15, 0.2) is 0 Å². The summed E-state index contributed by atoms with van der Waals surface area (Å²) >= 11 is 0. The van der Waals surface area contributed by atoms with E-state index in [0.29, 0.717) is 12.8 Å². The Morgan fingerprint density at radius 1 is 0.393 bits per heavy atom. The fourth-order valence-electron chi connectivity index (χ4n) is 3.43. The third-order valence-corrected chi connectivity index (χ3v) is 5.13. The molecule has 0 nitrogen and oxygen atoms in total. The van der Waals surface area contributed by atoms with Crippen LogP contribution in [0.3, 0.4) is 0 Å². The molecule has 0 aliphatic rings. The first-order valence-electron chi connectivity index (χ1n) is 9.88. The first kappa shape index (κ1) is 27.4. The van der Waals surface area contributed by atoms with Gasteiger partial charge < -0.3 is 0 Å². The van der Waals surface area contributed by atoms with Crippen LogP contribution in [0.1, 0.15) is 96.8 Å². The molecule has 0 heterocycles. The minimum Gasteiger partial charge on any atom is -0.171 e. The van der Waals surface area contributed by atoms with Gasteiger partial charge in [-0.3, -0.25) is 0 Å². The Labute approximate surface area is 161 Å². The number of hydrogen-bond acceptors (Lipinski definition) is 0. The van der Waals surface area contributed by atoms with Gasteiger partial charge in [0.1, 0.15) is 0 Å². The number of halogens is 9. The van der Waals surface area contributed by atoms with E-state index in [2.05, 4.69) is 0 Å². The Balaban J connectivity index is 5.03. The molecule has 9 heteroatoms. The molecule has 0 aliphatic heterocycles. The molecule has 0 fully saturated rings. The van der Waals surface area contributed by atoms with E-state index in [1.165, 1.54) is 0 Å². The zero-order valence-electron chi connectivity index (χ0n) is 16.3. The van der Waals surface area contributed by atoms with Gasteiger partial charge in [0.25, 0.3) is 0 Å². The highest BCUT2D eigenvalue weighted by molar-refractivity contribution is 4.83. The predicted molar refractivity (Wildman–Crippen MR) is 90.9 cm³/mol. The molecule has 0 spiro atoms. The first-order chi connectivity index (χ1) is 12.7. The molecule has 0 aromatic rings. The molecule has 0 aromatic carbocycles. The third kappa shape index (κ3) is 16.3. The molecule has 0 rings (SSSR count). The lowest BCUT2D eigenvalue weighted by Gasteiger charge is -2.35. The van der Waals surface area contributed by atoms with Crippen LogP contribution in [0, 0.1) is 5.41 Å². The maximum absolute atomic E-state index is 12.7. The van der Waals surface area contributed by atoms with Crippen LogP contribution in [0.5, 0.6) is 0 Å². The van der Waals surface area contributed by atoms with Crippen molar-refractivity contribution in [2.75, 3.05) is 0 Å². The van der Waals surface area contributed by atoms with Gasteiger partial charge in [0.2, 0.25) is 0 Å². The Morgan fingerprint density at radius 3 is 1.04 bits per heavy atom. The highest BCUT2D eigenvalue weighted by Gasteiger charge is 2.41. The van der Waals surface area contributed by atoms with Gasteiger partial charge in [-0.25, -0.2) is 0 Å². The van der Waals surface area contributed by atoms with E-state index in [9.17, 15) is 39.5 Å². The van der Waals surface area contributed by atoms with Gasteiger partial charge in [0, 0.05) is 19.3 Å². The monoisotopic (exact) mass is 430 g/mol. The summed E-state index contributed by atoms with van der Waals surface area (Å²) in [6.07, 6.45) is -14.3. The van der Waals surface area contributed by atoms with Crippen LogP contribution < -0.4 is 0 Å². The van der Waals surface area contributed by atoms with Crippen LogP contribution in [-0.4, -0.2) is 18.5 Å². The lowest BCUT2D eigenvalue weighted by atomic mass is 9.71. The molecule has 170 valence electrons. The molecular weight excluding hydrogens is 399 g/mol. The Kier molecular flexibility index (Phi) is 11.9. The smallest absolute Gasteiger partial charge is 0.171 e. The lowest BCUT2D eigenvalue weighted by Crippen LogP contribution is -2.28. The van der Waals surface area contributed by atoms with Crippen molar-refractivity contribution < 1.29 is 39.5 Å². The highest BCUT2D eigenvalue weighted by Crippen LogP contribution is 2.46. The van der Waals surface area contributed by atoms with Crippen LogP contribution in [0.2, 0.25) is 0 Å². The number of rotatable bonds is 14. The molecule has 0 bridgehead atoms. The summed E-state index contributed by atoms with van der Waals surface area (Å²) in [6.45, 7) is 2.04. The molecular formula is C19H31F9. The first-order valence-corrected chi connectivity index (χ1v) is 9.88. The summed E-state index contributed by atoms with van der Waals surface area (Å²) in [5, 5.41) is 0. The van der Waals surface area contributed by atoms with Crippen LogP contribution in [-0.2, 0) is 0 Å². The van der Waals surface area contributed by atoms with Gasteiger partial charge >= 0.3 is 18.5 Å². The zero-order valence-corrected chi connectivity index (χ0v) is 16.3. The molecule has 28 heavy (non-hydrogen) atoms. The lowest BCUT2D eigenvalue weighted by molar-refractivity contribution is -0.160. The highest BCUT2D eigenvalue weighted by atomic mass is 19.4. The maximum atomic E-state index is 12.7. The largest absolute Gasteiger partial charge is 0.389 e. The zero-order chi connectivity index (χ0) is 21.9. The van der Waals surface area contributed by atoms with Crippen LogP contribution >= 0.6 is 0 Å². The third-order valence-electron chi connectivity index (χ3n) is 5.13. The van der Waals surface area contributed by atoms with Gasteiger partial charge in [-0.1, -0.05) is 51.9 Å². The molecule has 0 atom stereocenters. The van der Waals surface area contributed by atoms with Crippen molar-refractivity contribution in [3.05, 3.63) is 0 Å². The summed E-state index contributed by atoms with van der Waals surface area (Å²) < 4.78 is 114. The van der Waals surface area contributed by atoms with Crippen molar-refractivity contribution in [1.82, 2.24) is 0 Å². The summed E-state index contributed by atoms with van der Waals surface area (Å²) in [5.74, 6) is 0. The molecule has 0 unspecified atom stereocenters. The van der Waals surface area contributed by atoms with E-state index in [0.717, 1.165) is 32.1 Å². The van der Waals surface area contributed by atoms with Gasteiger partial charge in [-0.05, 0) is 31.1 Å². The Hall–Kier alpha value is -0.630. The van der Waals surface area contributed by atoms with E-state index in [4.69, 9.17) is 0 Å². The van der Waals surface area contributed by atoms with E-state index in [-0.39, 0.29) is 6.42 Å². The minimum absolute atomic E-state index is 0.0387. The Bertz CT molecular complexity index is 348. The fourth-order valence-corrected chi connectivity index (χ4v) is 3.43. The Morgan fingerprint density at radius 2 is 0.714 bits per heavy atom. The van der Waals surface area contributed by atoms with E-state index in [1.54, 1.807) is 0 Å². The summed E-state index contributed by atoms with van der Waals surface area (Å²) in [6, 6.07) is 0. The SMILES string of the molecule is CCCCCCCCCC(CCC(F)(F)F)(CCC(F)(F)F)CCC(F)(F)F. The van der Waals surface area contributed by atoms with Crippen molar-refractivity contribution in [2.24, 2.45) is 5.41 Å². The van der Waals surface area contributed by atoms with Gasteiger partial charge in [-0.2, -0.15) is 39.5 Å². The number of unbranched alkanes of at least 4 members (excludes halogenated alkanes) is 6. The molecule has 0 amide bonds. The summed E-state index contributed by atoms with van der Waals surface area (Å²) in [4.78, 5) is 0. The molecule has 0 radical (unpaired) electrons. The fraction of sp³-hybridized carbons (Fsp3) is 1.00. The van der Waals surface area contributed by atoms with E-state index in [1.807, 2.05) is 6.92 Å². The van der Waals surface area contributed by atoms with Crippen molar-refractivity contribution in [1.29, 1.82) is 0 Å². The molecule has 0 aliphatic carbocycles. The van der Waals surface area contributed by atoms with E-state index >= 15 is 0 Å². The van der Waals surface area contributed by atoms with Crippen molar-refractivity contribution in [3.8, 4) is 0 Å². The maximum Gasteiger partial charge on any atom is 0.389 e. The second-order valence-corrected chi connectivity index (χ2v) is 7.72. The molecule has 0 N–H and O–H groups in total. The van der Waals surface area contributed by atoms with Crippen LogP contribution in [0.25, 0.3) is 0 Å². The average molecular weight is 430 g/mol. The average Bonchev–Trinajstić information content (AvgIpc) is 2.52. The number of hydrogen-bond donors (Lipinski definition) is 0. The molecule has 0 saturated carbocycles. The predicted octanol–water partition coefficient (Wildman–Crippen LogP) is 9.14. The second-order valence-electron chi connectivity index (χ2n) is 7.72. The van der Waals surface area contributed by atoms with Crippen molar-refractivity contribution >= 4 is 0 Å². The van der Waals surface area contributed by atoms with E-state index < -0.39 is 62.5 Å². The van der Waals surface area contributed by atoms with Crippen LogP contribution in [0.15, 0.2) is 0 Å². The molecule has 0 aromatic heterocycles. The standard InChI is InChI=1S/C19H31F9/c1-2-3-4-5-6-7-8-9-16(10-13-17(20,21)22,11-14-18(23,24)25)12-15-19(26,27)28/h2-15H2,1H3. The van der Waals surface area contributed by atoms with Crippen molar-refractivity contribution in [3.63, 3.8) is 0 Å². The van der Waals surface area contributed by atoms with Gasteiger partial charge in [-0.15, -0.1) is 0 Å². The second kappa shape index (κ2) is 12.2. The minimum atomic E-state index is -4.61. The van der Waals surface area contributed by atoms with Crippen molar-refractivity contribution in [2.45, 2.75) is 115 Å². The number of alkyl halides is 9. The quantitative estimate of drug-likeness (QED) is 0.190. The normalized spacial score (nSPS) is 13.9.